The summed E-state index contributed by atoms with van der Waals surface area (Å²) in [6, 6.07) is 0. The second-order valence-electron chi connectivity index (χ2n) is 4.52. The Morgan fingerprint density at radius 3 is 2.76 bits per heavy atom. The molecule has 1 aliphatic rings. The average Bonchev–Trinajstić information content (AvgIpc) is 2.35. The van der Waals surface area contributed by atoms with Gasteiger partial charge < -0.3 is 19.5 Å². The number of ether oxygens (including phenoxy) is 2. The first kappa shape index (κ1) is 14.4. The van der Waals surface area contributed by atoms with Gasteiger partial charge >= 0.3 is 5.97 Å². The number of rotatable bonds is 7. The van der Waals surface area contributed by atoms with E-state index in [2.05, 4.69) is 4.90 Å². The van der Waals surface area contributed by atoms with Crippen LogP contribution in [-0.2, 0) is 14.3 Å². The minimum absolute atomic E-state index is 0.143. The standard InChI is InChI=1S/C12H23NO4/c1-16-11(17-2)6-4-8-13-7-3-5-10(9-13)12(14)15/h10-11H,3-9H2,1-2H3,(H,14,15). The van der Waals surface area contributed by atoms with Crippen molar-refractivity contribution in [3.05, 3.63) is 0 Å². The van der Waals surface area contributed by atoms with E-state index < -0.39 is 5.97 Å². The molecule has 0 aromatic carbocycles. The van der Waals surface area contributed by atoms with E-state index in [9.17, 15) is 4.79 Å². The minimum Gasteiger partial charge on any atom is -0.481 e. The molecule has 0 aliphatic carbocycles. The number of hydrogen-bond acceptors (Lipinski definition) is 4. The van der Waals surface area contributed by atoms with Gasteiger partial charge in [0.05, 0.1) is 5.92 Å². The highest BCUT2D eigenvalue weighted by Gasteiger charge is 2.24. The van der Waals surface area contributed by atoms with E-state index >= 15 is 0 Å². The van der Waals surface area contributed by atoms with Crippen molar-refractivity contribution in [3.8, 4) is 0 Å². The Labute approximate surface area is 103 Å². The molecular formula is C12H23NO4. The van der Waals surface area contributed by atoms with Gasteiger partial charge in [-0.15, -0.1) is 0 Å². The first-order chi connectivity index (χ1) is 8.17. The number of carboxylic acid groups (broad SMARTS) is 1. The van der Waals surface area contributed by atoms with Gasteiger partial charge in [-0.25, -0.2) is 0 Å². The van der Waals surface area contributed by atoms with Crippen molar-refractivity contribution in [2.75, 3.05) is 33.9 Å². The molecule has 1 fully saturated rings. The zero-order valence-electron chi connectivity index (χ0n) is 10.7. The van der Waals surface area contributed by atoms with Crippen LogP contribution in [0, 0.1) is 5.92 Å². The van der Waals surface area contributed by atoms with Crippen molar-refractivity contribution >= 4 is 5.97 Å². The van der Waals surface area contributed by atoms with Crippen molar-refractivity contribution in [1.29, 1.82) is 0 Å². The molecule has 0 aromatic rings. The predicted octanol–water partition coefficient (Wildman–Crippen LogP) is 1.18. The maximum atomic E-state index is 10.9. The van der Waals surface area contributed by atoms with E-state index in [1.165, 1.54) is 0 Å². The van der Waals surface area contributed by atoms with Crippen LogP contribution in [0.25, 0.3) is 0 Å². The van der Waals surface area contributed by atoms with Crippen molar-refractivity contribution in [2.24, 2.45) is 5.92 Å². The summed E-state index contributed by atoms with van der Waals surface area (Å²) in [6.07, 6.45) is 3.47. The summed E-state index contributed by atoms with van der Waals surface area (Å²) < 4.78 is 10.2. The molecule has 17 heavy (non-hydrogen) atoms. The molecule has 100 valence electrons. The number of likely N-dealkylation sites (tertiary alicyclic amines) is 1. The maximum absolute atomic E-state index is 10.9. The Kier molecular flexibility index (Phi) is 6.47. The molecule has 5 nitrogen and oxygen atoms in total. The summed E-state index contributed by atoms with van der Waals surface area (Å²) in [7, 11) is 3.27. The van der Waals surface area contributed by atoms with Crippen LogP contribution >= 0.6 is 0 Å². The number of carbonyl (C=O) groups is 1. The summed E-state index contributed by atoms with van der Waals surface area (Å²) in [5.41, 5.74) is 0. The monoisotopic (exact) mass is 245 g/mol. The van der Waals surface area contributed by atoms with Gasteiger partial charge in [0.1, 0.15) is 0 Å². The van der Waals surface area contributed by atoms with Gasteiger partial charge in [0.15, 0.2) is 6.29 Å². The molecule has 1 unspecified atom stereocenters. The van der Waals surface area contributed by atoms with Gasteiger partial charge in [-0.05, 0) is 38.8 Å². The topological polar surface area (TPSA) is 59.0 Å². The largest absolute Gasteiger partial charge is 0.481 e. The summed E-state index contributed by atoms with van der Waals surface area (Å²) in [4.78, 5) is 13.1. The third-order valence-corrected chi connectivity index (χ3v) is 3.29. The fourth-order valence-electron chi connectivity index (χ4n) is 2.27. The van der Waals surface area contributed by atoms with E-state index in [4.69, 9.17) is 14.6 Å². The summed E-state index contributed by atoms with van der Waals surface area (Å²) >= 11 is 0. The quantitative estimate of drug-likeness (QED) is 0.683. The van der Waals surface area contributed by atoms with Crippen molar-refractivity contribution in [1.82, 2.24) is 4.90 Å². The normalized spacial score (nSPS) is 21.9. The predicted molar refractivity (Wildman–Crippen MR) is 63.8 cm³/mol. The Hall–Kier alpha value is -0.650. The number of carboxylic acids is 1. The molecule has 0 amide bonds. The van der Waals surface area contributed by atoms with E-state index in [1.54, 1.807) is 14.2 Å². The Morgan fingerprint density at radius 1 is 1.47 bits per heavy atom. The number of aliphatic carboxylic acids is 1. The Bertz CT molecular complexity index is 231. The van der Waals surface area contributed by atoms with Crippen LogP contribution in [-0.4, -0.2) is 56.1 Å². The molecule has 1 N–H and O–H groups in total. The Morgan fingerprint density at radius 2 is 2.18 bits per heavy atom. The lowest BCUT2D eigenvalue weighted by Gasteiger charge is -2.30. The molecule has 1 heterocycles. The number of hydrogen-bond donors (Lipinski definition) is 1. The fourth-order valence-corrected chi connectivity index (χ4v) is 2.27. The van der Waals surface area contributed by atoms with Crippen molar-refractivity contribution < 1.29 is 19.4 Å². The lowest BCUT2D eigenvalue weighted by Crippen LogP contribution is -2.39. The van der Waals surface area contributed by atoms with Crippen LogP contribution in [0.5, 0.6) is 0 Å². The summed E-state index contributed by atoms with van der Waals surface area (Å²) in [5, 5.41) is 8.98. The van der Waals surface area contributed by atoms with E-state index in [-0.39, 0.29) is 12.2 Å². The van der Waals surface area contributed by atoms with Crippen LogP contribution in [0.4, 0.5) is 0 Å². The fraction of sp³-hybridized carbons (Fsp3) is 0.917. The van der Waals surface area contributed by atoms with Crippen LogP contribution in [0.15, 0.2) is 0 Å². The average molecular weight is 245 g/mol. The minimum atomic E-state index is -0.665. The lowest BCUT2D eigenvalue weighted by molar-refractivity contribution is -0.143. The molecule has 1 aliphatic heterocycles. The van der Waals surface area contributed by atoms with Crippen LogP contribution in [0.3, 0.4) is 0 Å². The summed E-state index contributed by atoms with van der Waals surface area (Å²) in [5.74, 6) is -0.856. The number of piperidine rings is 1. The Balaban J connectivity index is 2.20. The number of nitrogens with zero attached hydrogens (tertiary/aromatic N) is 1. The molecule has 1 atom stereocenters. The van der Waals surface area contributed by atoms with E-state index in [0.717, 1.165) is 38.8 Å². The van der Waals surface area contributed by atoms with Gasteiger partial charge in [0.2, 0.25) is 0 Å². The molecule has 0 radical (unpaired) electrons. The zero-order valence-corrected chi connectivity index (χ0v) is 10.7. The van der Waals surface area contributed by atoms with Crippen LogP contribution in [0.1, 0.15) is 25.7 Å². The second-order valence-corrected chi connectivity index (χ2v) is 4.52. The van der Waals surface area contributed by atoms with Gasteiger partial charge in [-0.3, -0.25) is 4.79 Å². The van der Waals surface area contributed by atoms with Gasteiger partial charge in [0, 0.05) is 20.8 Å². The third-order valence-electron chi connectivity index (χ3n) is 3.29. The van der Waals surface area contributed by atoms with Crippen molar-refractivity contribution in [3.63, 3.8) is 0 Å². The smallest absolute Gasteiger partial charge is 0.307 e. The molecule has 1 rings (SSSR count). The van der Waals surface area contributed by atoms with Crippen molar-refractivity contribution in [2.45, 2.75) is 32.0 Å². The first-order valence-electron chi connectivity index (χ1n) is 6.18. The highest BCUT2D eigenvalue weighted by molar-refractivity contribution is 5.70. The third kappa shape index (κ3) is 5.02. The van der Waals surface area contributed by atoms with Gasteiger partial charge in [-0.2, -0.15) is 0 Å². The van der Waals surface area contributed by atoms with Crippen LogP contribution in [0.2, 0.25) is 0 Å². The lowest BCUT2D eigenvalue weighted by atomic mass is 9.98. The molecular weight excluding hydrogens is 222 g/mol. The molecule has 0 spiro atoms. The van der Waals surface area contributed by atoms with E-state index in [1.807, 2.05) is 0 Å². The molecule has 1 saturated heterocycles. The van der Waals surface area contributed by atoms with Gasteiger partial charge in [0.25, 0.3) is 0 Å². The summed E-state index contributed by atoms with van der Waals surface area (Å²) in [6.45, 7) is 2.61. The SMILES string of the molecule is COC(CCCN1CCCC(C(=O)O)C1)OC. The zero-order chi connectivity index (χ0) is 12.7. The highest BCUT2D eigenvalue weighted by atomic mass is 16.7. The van der Waals surface area contributed by atoms with E-state index in [0.29, 0.717) is 6.54 Å². The first-order valence-corrected chi connectivity index (χ1v) is 6.18. The molecule has 0 saturated carbocycles. The molecule has 5 heteroatoms. The molecule has 0 bridgehead atoms. The maximum Gasteiger partial charge on any atom is 0.307 e. The van der Waals surface area contributed by atoms with Crippen LogP contribution < -0.4 is 0 Å². The number of methoxy groups -OCH3 is 2. The van der Waals surface area contributed by atoms with Gasteiger partial charge in [-0.1, -0.05) is 0 Å². The second kappa shape index (κ2) is 7.63. The highest BCUT2D eigenvalue weighted by Crippen LogP contribution is 2.17. The molecule has 0 aromatic heterocycles.